The Morgan fingerprint density at radius 2 is 1.68 bits per heavy atom. The number of methoxy groups -OCH3 is 1. The lowest BCUT2D eigenvalue weighted by molar-refractivity contribution is 0.415. The van der Waals surface area contributed by atoms with E-state index in [1.54, 1.807) is 7.11 Å². The first-order valence-corrected chi connectivity index (χ1v) is 8.94. The van der Waals surface area contributed by atoms with Gasteiger partial charge in [0.2, 0.25) is 0 Å². The highest BCUT2D eigenvalue weighted by molar-refractivity contribution is 14.1. The van der Waals surface area contributed by atoms with Gasteiger partial charge in [0.1, 0.15) is 19.0 Å². The molecule has 1 aromatic heterocycles. The molecule has 0 N–H and O–H groups in total. The van der Waals surface area contributed by atoms with Crippen LogP contribution < -0.4 is 4.74 Å². The summed E-state index contributed by atoms with van der Waals surface area (Å²) in [4.78, 5) is 4.73. The molecule has 112 valence electrons. The highest BCUT2D eigenvalue weighted by Gasteiger charge is 2.15. The van der Waals surface area contributed by atoms with Crippen molar-refractivity contribution in [3.63, 3.8) is 0 Å². The molecule has 0 radical (unpaired) electrons. The molecule has 3 rings (SSSR count). The van der Waals surface area contributed by atoms with Gasteiger partial charge in [-0.05, 0) is 75.0 Å². The van der Waals surface area contributed by atoms with Crippen molar-refractivity contribution in [1.29, 1.82) is 0 Å². The van der Waals surface area contributed by atoms with Gasteiger partial charge in [-0.15, -0.1) is 0 Å². The van der Waals surface area contributed by atoms with Crippen molar-refractivity contribution in [2.24, 2.45) is 0 Å². The number of imidazole rings is 1. The van der Waals surface area contributed by atoms with Gasteiger partial charge < -0.3 is 9.30 Å². The molecular formula is C17H14I2N2O. The van der Waals surface area contributed by atoms with Gasteiger partial charge >= 0.3 is 0 Å². The molecule has 0 bridgehead atoms. The second-order valence-electron chi connectivity index (χ2n) is 4.82. The third-order valence-electron chi connectivity index (χ3n) is 3.40. The molecule has 0 aliphatic heterocycles. The van der Waals surface area contributed by atoms with E-state index in [-0.39, 0.29) is 0 Å². The van der Waals surface area contributed by atoms with Crippen LogP contribution in [0.15, 0.2) is 54.6 Å². The Bertz CT molecular complexity index is 767. The average molecular weight is 516 g/mol. The van der Waals surface area contributed by atoms with E-state index in [4.69, 9.17) is 9.72 Å². The molecule has 0 aliphatic rings. The number of rotatable bonds is 4. The smallest absolute Gasteiger partial charge is 0.142 e. The van der Waals surface area contributed by atoms with E-state index in [0.717, 1.165) is 31.1 Å². The Morgan fingerprint density at radius 3 is 2.32 bits per heavy atom. The van der Waals surface area contributed by atoms with Gasteiger partial charge in [0, 0.05) is 5.56 Å². The fourth-order valence-electron chi connectivity index (χ4n) is 2.27. The molecule has 0 fully saturated rings. The van der Waals surface area contributed by atoms with Crippen molar-refractivity contribution in [3.8, 4) is 17.1 Å². The van der Waals surface area contributed by atoms with Crippen LogP contribution in [-0.4, -0.2) is 16.7 Å². The quantitative estimate of drug-likeness (QED) is 0.466. The number of hydrogen-bond acceptors (Lipinski definition) is 2. The first kappa shape index (κ1) is 15.8. The summed E-state index contributed by atoms with van der Waals surface area (Å²) in [7, 11) is 1.68. The van der Waals surface area contributed by atoms with Crippen LogP contribution in [0.3, 0.4) is 0 Å². The maximum Gasteiger partial charge on any atom is 0.142 e. The van der Waals surface area contributed by atoms with Crippen molar-refractivity contribution in [1.82, 2.24) is 9.55 Å². The minimum absolute atomic E-state index is 0.816. The fraction of sp³-hybridized carbons (Fsp3) is 0.118. The normalized spacial score (nSPS) is 10.7. The molecule has 0 atom stereocenters. The number of ether oxygens (including phenoxy) is 1. The van der Waals surface area contributed by atoms with Gasteiger partial charge in [-0.2, -0.15) is 0 Å². The minimum Gasteiger partial charge on any atom is -0.497 e. The highest BCUT2D eigenvalue weighted by Crippen LogP contribution is 2.27. The van der Waals surface area contributed by atoms with E-state index in [1.165, 1.54) is 5.56 Å². The van der Waals surface area contributed by atoms with Crippen LogP contribution in [0.5, 0.6) is 5.75 Å². The Balaban J connectivity index is 2.02. The number of benzene rings is 2. The Labute approximate surface area is 157 Å². The lowest BCUT2D eigenvalue weighted by Gasteiger charge is -2.10. The van der Waals surface area contributed by atoms with Gasteiger partial charge in [0.15, 0.2) is 0 Å². The topological polar surface area (TPSA) is 27.1 Å². The van der Waals surface area contributed by atoms with Crippen LogP contribution >= 0.6 is 45.2 Å². The molecule has 1 heterocycles. The molecule has 3 aromatic rings. The van der Waals surface area contributed by atoms with Gasteiger partial charge in [-0.3, -0.25) is 0 Å². The Kier molecular flexibility index (Phi) is 5.02. The van der Waals surface area contributed by atoms with Crippen molar-refractivity contribution in [2.75, 3.05) is 7.11 Å². The third kappa shape index (κ3) is 3.29. The lowest BCUT2D eigenvalue weighted by Crippen LogP contribution is -2.04. The molecular weight excluding hydrogens is 502 g/mol. The zero-order chi connectivity index (χ0) is 15.5. The van der Waals surface area contributed by atoms with E-state index < -0.39 is 0 Å². The van der Waals surface area contributed by atoms with Crippen molar-refractivity contribution >= 4 is 45.2 Å². The van der Waals surface area contributed by atoms with Gasteiger partial charge in [0.25, 0.3) is 0 Å². The largest absolute Gasteiger partial charge is 0.497 e. The van der Waals surface area contributed by atoms with Gasteiger partial charge in [-0.1, -0.05) is 30.3 Å². The van der Waals surface area contributed by atoms with Crippen LogP contribution in [0.4, 0.5) is 0 Å². The number of hydrogen-bond donors (Lipinski definition) is 0. The van der Waals surface area contributed by atoms with Crippen LogP contribution in [0.1, 0.15) is 5.56 Å². The summed E-state index contributed by atoms with van der Waals surface area (Å²) in [6, 6.07) is 18.5. The standard InChI is InChI=1S/C17H14I2N2O/c1-22-14-9-7-13(8-10-14)17-20-15(18)16(19)21(17)11-12-5-3-2-4-6-12/h2-10H,11H2,1H3. The monoisotopic (exact) mass is 516 g/mol. The summed E-state index contributed by atoms with van der Waals surface area (Å²) in [5.41, 5.74) is 2.36. The Hall–Kier alpha value is -1.09. The van der Waals surface area contributed by atoms with Crippen molar-refractivity contribution < 1.29 is 4.74 Å². The first-order valence-electron chi connectivity index (χ1n) is 6.79. The summed E-state index contributed by atoms with van der Waals surface area (Å²) in [5.74, 6) is 1.84. The molecule has 0 amide bonds. The SMILES string of the molecule is COc1ccc(-c2nc(I)c(I)n2Cc2ccccc2)cc1. The van der Waals surface area contributed by atoms with Crippen LogP contribution in [-0.2, 0) is 6.54 Å². The summed E-state index contributed by atoms with van der Waals surface area (Å²) in [5, 5.41) is 0. The number of nitrogens with zero attached hydrogens (tertiary/aromatic N) is 2. The zero-order valence-corrected chi connectivity index (χ0v) is 16.3. The zero-order valence-electron chi connectivity index (χ0n) is 12.0. The molecule has 0 unspecified atom stereocenters. The molecule has 5 heteroatoms. The van der Waals surface area contributed by atoms with E-state index in [9.17, 15) is 0 Å². The molecule has 2 aromatic carbocycles. The van der Waals surface area contributed by atoms with Crippen LogP contribution in [0.25, 0.3) is 11.4 Å². The predicted octanol–water partition coefficient (Wildman–Crippen LogP) is 4.82. The van der Waals surface area contributed by atoms with E-state index in [0.29, 0.717) is 0 Å². The summed E-state index contributed by atoms with van der Waals surface area (Å²) < 4.78 is 9.67. The van der Waals surface area contributed by atoms with Crippen LogP contribution in [0, 0.1) is 7.40 Å². The van der Waals surface area contributed by atoms with Gasteiger partial charge in [0.05, 0.1) is 13.7 Å². The molecule has 0 saturated heterocycles. The van der Waals surface area contributed by atoms with E-state index in [2.05, 4.69) is 86.1 Å². The fourth-order valence-corrected chi connectivity index (χ4v) is 3.31. The number of aromatic nitrogens is 2. The van der Waals surface area contributed by atoms with E-state index in [1.807, 2.05) is 18.2 Å². The Morgan fingerprint density at radius 1 is 1.00 bits per heavy atom. The second kappa shape index (κ2) is 6.99. The summed E-state index contributed by atoms with van der Waals surface area (Å²) in [6.45, 7) is 0.816. The average Bonchev–Trinajstić information content (AvgIpc) is 2.84. The van der Waals surface area contributed by atoms with Gasteiger partial charge in [-0.25, -0.2) is 4.98 Å². The first-order chi connectivity index (χ1) is 10.7. The maximum absolute atomic E-state index is 5.23. The second-order valence-corrected chi connectivity index (χ2v) is 6.86. The predicted molar refractivity (Wildman–Crippen MR) is 105 cm³/mol. The van der Waals surface area contributed by atoms with Crippen molar-refractivity contribution in [3.05, 3.63) is 67.6 Å². The highest BCUT2D eigenvalue weighted by atomic mass is 127. The molecule has 0 spiro atoms. The summed E-state index contributed by atoms with van der Waals surface area (Å²) >= 11 is 4.65. The maximum atomic E-state index is 5.23. The van der Waals surface area contributed by atoms with E-state index >= 15 is 0 Å². The third-order valence-corrected chi connectivity index (χ3v) is 6.28. The number of halogens is 2. The minimum atomic E-state index is 0.816. The van der Waals surface area contributed by atoms with Crippen LogP contribution in [0.2, 0.25) is 0 Å². The molecule has 0 saturated carbocycles. The molecule has 0 aliphatic carbocycles. The lowest BCUT2D eigenvalue weighted by atomic mass is 10.2. The molecule has 22 heavy (non-hydrogen) atoms. The summed E-state index contributed by atoms with van der Waals surface area (Å²) in [6.07, 6.45) is 0. The molecule has 3 nitrogen and oxygen atoms in total. The van der Waals surface area contributed by atoms with Crippen molar-refractivity contribution in [2.45, 2.75) is 6.54 Å².